The van der Waals surface area contributed by atoms with E-state index in [1.807, 2.05) is 11.8 Å². The molecule has 2 aliphatic heterocycles. The van der Waals surface area contributed by atoms with Crippen LogP contribution in [-0.2, 0) is 9.53 Å². The Labute approximate surface area is 122 Å². The van der Waals surface area contributed by atoms with E-state index in [1.165, 1.54) is 6.42 Å². The summed E-state index contributed by atoms with van der Waals surface area (Å²) in [6, 6.07) is 0. The van der Waals surface area contributed by atoms with Gasteiger partial charge in [-0.2, -0.15) is 0 Å². The van der Waals surface area contributed by atoms with E-state index in [9.17, 15) is 4.79 Å². The molecule has 2 rings (SSSR count). The summed E-state index contributed by atoms with van der Waals surface area (Å²) >= 11 is 0. The summed E-state index contributed by atoms with van der Waals surface area (Å²) in [6.07, 6.45) is 5.75. The van der Waals surface area contributed by atoms with Crippen LogP contribution >= 0.6 is 12.4 Å². The van der Waals surface area contributed by atoms with Gasteiger partial charge in [0.1, 0.15) is 0 Å². The average molecular weight is 291 g/mol. The minimum absolute atomic E-state index is 0. The molecule has 2 atom stereocenters. The molecule has 1 amide bonds. The van der Waals surface area contributed by atoms with Gasteiger partial charge in [-0.05, 0) is 52.5 Å². The van der Waals surface area contributed by atoms with Crippen molar-refractivity contribution in [2.45, 2.75) is 57.6 Å². The number of piperidine rings is 1. The smallest absolute Gasteiger partial charge is 0.242 e. The summed E-state index contributed by atoms with van der Waals surface area (Å²) in [5, 5.41) is 3.40. The number of hydrogen-bond acceptors (Lipinski definition) is 3. The highest BCUT2D eigenvalue weighted by Gasteiger charge is 2.37. The van der Waals surface area contributed by atoms with Crippen LogP contribution in [0, 0.1) is 0 Å². The number of amides is 1. The van der Waals surface area contributed by atoms with E-state index in [0.717, 1.165) is 51.9 Å². The van der Waals surface area contributed by atoms with Gasteiger partial charge in [-0.15, -0.1) is 12.4 Å². The summed E-state index contributed by atoms with van der Waals surface area (Å²) in [5.74, 6) is 0.250. The van der Waals surface area contributed by atoms with Crippen LogP contribution in [0.25, 0.3) is 0 Å². The van der Waals surface area contributed by atoms with Crippen molar-refractivity contribution in [2.24, 2.45) is 0 Å². The number of rotatable bonds is 4. The molecule has 2 saturated heterocycles. The van der Waals surface area contributed by atoms with Crippen molar-refractivity contribution in [2.75, 3.05) is 26.2 Å². The van der Waals surface area contributed by atoms with Gasteiger partial charge < -0.3 is 15.0 Å². The van der Waals surface area contributed by atoms with Crippen molar-refractivity contribution in [3.8, 4) is 0 Å². The molecule has 0 aromatic carbocycles. The molecule has 112 valence electrons. The Morgan fingerprint density at radius 2 is 2.21 bits per heavy atom. The second kappa shape index (κ2) is 7.46. The number of halogens is 1. The van der Waals surface area contributed by atoms with Crippen molar-refractivity contribution in [1.82, 2.24) is 10.2 Å². The zero-order valence-electron chi connectivity index (χ0n) is 12.1. The Bertz CT molecular complexity index is 287. The maximum Gasteiger partial charge on any atom is 0.242 e. The molecular formula is C14H27ClN2O2. The van der Waals surface area contributed by atoms with E-state index in [2.05, 4.69) is 12.2 Å². The monoisotopic (exact) mass is 290 g/mol. The minimum atomic E-state index is -0.354. The van der Waals surface area contributed by atoms with Gasteiger partial charge in [-0.1, -0.05) is 0 Å². The SMILES string of the molecule is CCN(CC1CCCO1)C(=O)C1(C)CCCCN1.Cl. The molecule has 4 nitrogen and oxygen atoms in total. The van der Waals surface area contributed by atoms with Gasteiger partial charge in [-0.25, -0.2) is 0 Å². The lowest BCUT2D eigenvalue weighted by atomic mass is 9.89. The number of nitrogens with one attached hydrogen (secondary N) is 1. The first-order valence-corrected chi connectivity index (χ1v) is 7.32. The highest BCUT2D eigenvalue weighted by molar-refractivity contribution is 5.86. The fourth-order valence-electron chi connectivity index (χ4n) is 2.98. The maximum absolute atomic E-state index is 12.6. The van der Waals surface area contributed by atoms with Crippen LogP contribution in [0.3, 0.4) is 0 Å². The molecule has 0 bridgehead atoms. The zero-order valence-corrected chi connectivity index (χ0v) is 12.9. The largest absolute Gasteiger partial charge is 0.376 e. The Morgan fingerprint density at radius 3 is 2.74 bits per heavy atom. The number of hydrogen-bond donors (Lipinski definition) is 1. The Morgan fingerprint density at radius 1 is 1.42 bits per heavy atom. The van der Waals surface area contributed by atoms with E-state index in [0.29, 0.717) is 0 Å². The highest BCUT2D eigenvalue weighted by atomic mass is 35.5. The lowest BCUT2D eigenvalue weighted by molar-refractivity contribution is -0.140. The molecule has 0 aromatic heterocycles. The van der Waals surface area contributed by atoms with Crippen LogP contribution in [0.2, 0.25) is 0 Å². The second-order valence-electron chi connectivity index (χ2n) is 5.69. The first-order valence-electron chi connectivity index (χ1n) is 7.32. The fraction of sp³-hybridized carbons (Fsp3) is 0.929. The minimum Gasteiger partial charge on any atom is -0.376 e. The third-order valence-electron chi connectivity index (χ3n) is 4.21. The van der Waals surface area contributed by atoms with Crippen molar-refractivity contribution in [1.29, 1.82) is 0 Å². The molecule has 0 spiro atoms. The van der Waals surface area contributed by atoms with E-state index in [-0.39, 0.29) is 30.0 Å². The normalized spacial score (nSPS) is 30.7. The van der Waals surface area contributed by atoms with Gasteiger partial charge in [0.2, 0.25) is 5.91 Å². The lowest BCUT2D eigenvalue weighted by Crippen LogP contribution is -2.58. The van der Waals surface area contributed by atoms with Crippen LogP contribution in [0.4, 0.5) is 0 Å². The predicted octanol–water partition coefficient (Wildman–Crippen LogP) is 1.97. The number of ether oxygens (including phenoxy) is 1. The second-order valence-corrected chi connectivity index (χ2v) is 5.69. The van der Waals surface area contributed by atoms with E-state index >= 15 is 0 Å². The fourth-order valence-corrected chi connectivity index (χ4v) is 2.98. The van der Waals surface area contributed by atoms with Gasteiger partial charge in [0.05, 0.1) is 11.6 Å². The number of likely N-dealkylation sites (N-methyl/N-ethyl adjacent to an activating group) is 1. The van der Waals surface area contributed by atoms with E-state index in [1.54, 1.807) is 0 Å². The van der Waals surface area contributed by atoms with Gasteiger partial charge in [-0.3, -0.25) is 4.79 Å². The first kappa shape index (κ1) is 16.7. The molecule has 0 saturated carbocycles. The van der Waals surface area contributed by atoms with Crippen LogP contribution < -0.4 is 5.32 Å². The molecular weight excluding hydrogens is 264 g/mol. The molecule has 1 N–H and O–H groups in total. The summed E-state index contributed by atoms with van der Waals surface area (Å²) in [5.41, 5.74) is -0.354. The van der Waals surface area contributed by atoms with E-state index < -0.39 is 0 Å². The van der Waals surface area contributed by atoms with Gasteiger partial charge in [0.25, 0.3) is 0 Å². The topological polar surface area (TPSA) is 41.6 Å². The lowest BCUT2D eigenvalue weighted by Gasteiger charge is -2.38. The van der Waals surface area contributed by atoms with E-state index in [4.69, 9.17) is 4.74 Å². The van der Waals surface area contributed by atoms with Crippen LogP contribution in [0.15, 0.2) is 0 Å². The molecule has 0 aromatic rings. The molecule has 5 heteroatoms. The van der Waals surface area contributed by atoms with Crippen molar-refractivity contribution < 1.29 is 9.53 Å². The highest BCUT2D eigenvalue weighted by Crippen LogP contribution is 2.22. The summed E-state index contributed by atoms with van der Waals surface area (Å²) in [7, 11) is 0. The Kier molecular flexibility index (Phi) is 6.57. The van der Waals surface area contributed by atoms with Crippen molar-refractivity contribution >= 4 is 18.3 Å². The van der Waals surface area contributed by atoms with Gasteiger partial charge in [0.15, 0.2) is 0 Å². The molecule has 0 aliphatic carbocycles. The van der Waals surface area contributed by atoms with Crippen molar-refractivity contribution in [3.63, 3.8) is 0 Å². The third-order valence-corrected chi connectivity index (χ3v) is 4.21. The first-order chi connectivity index (χ1) is 8.65. The van der Waals surface area contributed by atoms with Gasteiger partial charge >= 0.3 is 0 Å². The summed E-state index contributed by atoms with van der Waals surface area (Å²) in [4.78, 5) is 14.6. The number of carbonyl (C=O) groups is 1. The quantitative estimate of drug-likeness (QED) is 0.861. The molecule has 2 heterocycles. The molecule has 2 fully saturated rings. The Hall–Kier alpha value is -0.320. The average Bonchev–Trinajstić information content (AvgIpc) is 2.89. The molecule has 19 heavy (non-hydrogen) atoms. The van der Waals surface area contributed by atoms with Gasteiger partial charge in [0, 0.05) is 19.7 Å². The van der Waals surface area contributed by atoms with Crippen LogP contribution in [-0.4, -0.2) is 48.7 Å². The number of carbonyl (C=O) groups excluding carboxylic acids is 1. The molecule has 0 radical (unpaired) electrons. The predicted molar refractivity (Wildman–Crippen MR) is 78.7 cm³/mol. The maximum atomic E-state index is 12.6. The third kappa shape index (κ3) is 4.07. The molecule has 2 aliphatic rings. The van der Waals surface area contributed by atoms with Crippen LogP contribution in [0.5, 0.6) is 0 Å². The zero-order chi connectivity index (χ0) is 13.0. The molecule has 2 unspecified atom stereocenters. The van der Waals surface area contributed by atoms with Crippen molar-refractivity contribution in [3.05, 3.63) is 0 Å². The van der Waals surface area contributed by atoms with Crippen LogP contribution in [0.1, 0.15) is 46.0 Å². The summed E-state index contributed by atoms with van der Waals surface area (Å²) < 4.78 is 5.64. The standard InChI is InChI=1S/C14H26N2O2.ClH/c1-3-16(11-12-7-6-10-18-12)13(17)14(2)8-4-5-9-15-14;/h12,15H,3-11H2,1-2H3;1H. The summed E-state index contributed by atoms with van der Waals surface area (Å²) in [6.45, 7) is 7.44. The Balaban J connectivity index is 0.00000180. The number of nitrogens with zero attached hydrogens (tertiary/aromatic N) is 1.